The number of rotatable bonds is 6. The van der Waals surface area contributed by atoms with E-state index in [9.17, 15) is 14.4 Å². The van der Waals surface area contributed by atoms with Gasteiger partial charge >= 0.3 is 0 Å². The van der Waals surface area contributed by atoms with E-state index in [-0.39, 0.29) is 17.8 Å². The van der Waals surface area contributed by atoms with E-state index in [0.717, 1.165) is 57.1 Å². The zero-order valence-electron chi connectivity index (χ0n) is 18.4. The molecule has 1 atom stereocenters. The first kappa shape index (κ1) is 22.3. The minimum absolute atomic E-state index is 0.199. The minimum Gasteiger partial charge on any atom is -0.368 e. The quantitative estimate of drug-likeness (QED) is 0.699. The number of nitrogens with zero attached hydrogens (tertiary/aromatic N) is 5. The van der Waals surface area contributed by atoms with E-state index in [4.69, 9.17) is 0 Å². The van der Waals surface area contributed by atoms with Crippen LogP contribution in [0.5, 0.6) is 0 Å². The Balaban J connectivity index is 1.19. The summed E-state index contributed by atoms with van der Waals surface area (Å²) in [5.41, 5.74) is 2.04. The lowest BCUT2D eigenvalue weighted by molar-refractivity contribution is -0.131. The molecule has 2 aliphatic rings. The van der Waals surface area contributed by atoms with Crippen LogP contribution in [-0.4, -0.2) is 79.5 Å². The van der Waals surface area contributed by atoms with Crippen molar-refractivity contribution in [3.63, 3.8) is 0 Å². The summed E-state index contributed by atoms with van der Waals surface area (Å²) in [7, 11) is 0. The number of nitriles is 1. The number of anilines is 1. The Morgan fingerprint density at radius 1 is 0.906 bits per heavy atom. The van der Waals surface area contributed by atoms with Crippen LogP contribution in [0.15, 0.2) is 54.6 Å². The number of carbonyl (C=O) groups excluding carboxylic acids is 1. The van der Waals surface area contributed by atoms with Gasteiger partial charge in [-0.3, -0.25) is 9.69 Å². The molecule has 0 spiro atoms. The topological polar surface area (TPSA) is 53.8 Å². The van der Waals surface area contributed by atoms with Gasteiger partial charge in [-0.2, -0.15) is 5.26 Å². The van der Waals surface area contributed by atoms with Crippen LogP contribution in [0.25, 0.3) is 0 Å². The normalized spacial score (nSPS) is 18.9. The van der Waals surface area contributed by atoms with Gasteiger partial charge in [0.25, 0.3) is 0 Å². The standard InChI is InChI=1S/C25H30FN5O/c26-22-6-8-23(9-7-22)29-16-18-31(19-17-29)25(32)10-11-28-12-14-30(15-13-28)24(20-27)21-4-2-1-3-5-21/h1-9,24H,10-19H2/t24-/m0/s1. The first-order valence-electron chi connectivity index (χ1n) is 11.3. The molecule has 4 rings (SSSR count). The molecule has 0 unspecified atom stereocenters. The monoisotopic (exact) mass is 435 g/mol. The van der Waals surface area contributed by atoms with Crippen molar-refractivity contribution >= 4 is 11.6 Å². The summed E-state index contributed by atoms with van der Waals surface area (Å²) in [4.78, 5) is 21.4. The highest BCUT2D eigenvalue weighted by atomic mass is 19.1. The highest BCUT2D eigenvalue weighted by Crippen LogP contribution is 2.21. The van der Waals surface area contributed by atoms with Gasteiger partial charge in [-0.25, -0.2) is 4.39 Å². The Kier molecular flexibility index (Phi) is 7.35. The van der Waals surface area contributed by atoms with E-state index < -0.39 is 0 Å². The van der Waals surface area contributed by atoms with Crippen molar-refractivity contribution in [1.82, 2.24) is 14.7 Å². The van der Waals surface area contributed by atoms with Gasteiger partial charge in [-0.1, -0.05) is 30.3 Å². The van der Waals surface area contributed by atoms with E-state index in [1.807, 2.05) is 35.2 Å². The van der Waals surface area contributed by atoms with E-state index in [2.05, 4.69) is 20.8 Å². The molecule has 2 aromatic carbocycles. The third-order valence-electron chi connectivity index (χ3n) is 6.48. The Hall–Kier alpha value is -2.95. The van der Waals surface area contributed by atoms with Gasteiger partial charge in [0, 0.05) is 71.0 Å². The van der Waals surface area contributed by atoms with Crippen molar-refractivity contribution in [3.05, 3.63) is 66.0 Å². The molecule has 0 aromatic heterocycles. The van der Waals surface area contributed by atoms with Crippen LogP contribution < -0.4 is 4.90 Å². The van der Waals surface area contributed by atoms with E-state index in [1.54, 1.807) is 12.1 Å². The first-order chi connectivity index (χ1) is 15.6. The predicted octanol–water partition coefficient (Wildman–Crippen LogP) is 2.75. The molecule has 0 radical (unpaired) electrons. The molecule has 2 aromatic rings. The van der Waals surface area contributed by atoms with Gasteiger partial charge in [-0.05, 0) is 29.8 Å². The molecule has 168 valence electrons. The smallest absolute Gasteiger partial charge is 0.223 e. The van der Waals surface area contributed by atoms with Crippen molar-refractivity contribution in [1.29, 1.82) is 5.26 Å². The van der Waals surface area contributed by atoms with E-state index in [1.165, 1.54) is 12.1 Å². The van der Waals surface area contributed by atoms with Crippen LogP contribution in [0.2, 0.25) is 0 Å². The molecule has 0 bridgehead atoms. The summed E-state index contributed by atoms with van der Waals surface area (Å²) in [5, 5.41) is 9.65. The summed E-state index contributed by atoms with van der Waals surface area (Å²) in [6, 6.07) is 18.7. The van der Waals surface area contributed by atoms with E-state index >= 15 is 0 Å². The van der Waals surface area contributed by atoms with Crippen LogP contribution in [0.1, 0.15) is 18.0 Å². The molecule has 0 aliphatic carbocycles. The summed E-state index contributed by atoms with van der Waals surface area (Å²) in [6.45, 7) is 7.10. The highest BCUT2D eigenvalue weighted by molar-refractivity contribution is 5.76. The van der Waals surface area contributed by atoms with Gasteiger partial charge in [0.05, 0.1) is 6.07 Å². The molecule has 2 heterocycles. The maximum atomic E-state index is 13.1. The fourth-order valence-electron chi connectivity index (χ4n) is 4.53. The molecule has 2 saturated heterocycles. The maximum absolute atomic E-state index is 13.1. The van der Waals surface area contributed by atoms with Crippen LogP contribution in [0, 0.1) is 17.1 Å². The molecule has 32 heavy (non-hydrogen) atoms. The highest BCUT2D eigenvalue weighted by Gasteiger charge is 2.26. The number of hydrogen-bond acceptors (Lipinski definition) is 5. The number of amides is 1. The molecule has 1 amide bonds. The molecule has 2 aliphatic heterocycles. The first-order valence-corrected chi connectivity index (χ1v) is 11.3. The fourth-order valence-corrected chi connectivity index (χ4v) is 4.53. The maximum Gasteiger partial charge on any atom is 0.223 e. The lowest BCUT2D eigenvalue weighted by Gasteiger charge is -2.38. The van der Waals surface area contributed by atoms with Gasteiger partial charge in [0.1, 0.15) is 11.9 Å². The summed E-state index contributed by atoms with van der Waals surface area (Å²) in [5.74, 6) is -0.0306. The lowest BCUT2D eigenvalue weighted by atomic mass is 10.1. The molecule has 6 nitrogen and oxygen atoms in total. The predicted molar refractivity (Wildman–Crippen MR) is 123 cm³/mol. The van der Waals surface area contributed by atoms with Crippen LogP contribution in [-0.2, 0) is 4.79 Å². The van der Waals surface area contributed by atoms with Crippen LogP contribution in [0.4, 0.5) is 10.1 Å². The molecule has 0 saturated carbocycles. The number of benzene rings is 2. The van der Waals surface area contributed by atoms with Crippen molar-refractivity contribution in [2.75, 3.05) is 63.8 Å². The van der Waals surface area contributed by atoms with Crippen molar-refractivity contribution in [3.8, 4) is 6.07 Å². The largest absolute Gasteiger partial charge is 0.368 e. The molecular formula is C25H30FN5O. The van der Waals surface area contributed by atoms with Crippen molar-refractivity contribution in [2.45, 2.75) is 12.5 Å². The fraction of sp³-hybridized carbons (Fsp3) is 0.440. The zero-order chi connectivity index (χ0) is 22.3. The van der Waals surface area contributed by atoms with Gasteiger partial charge in [0.15, 0.2) is 0 Å². The Bertz CT molecular complexity index is 914. The van der Waals surface area contributed by atoms with E-state index in [0.29, 0.717) is 19.5 Å². The molecule has 2 fully saturated rings. The average Bonchev–Trinajstić information content (AvgIpc) is 2.85. The third-order valence-corrected chi connectivity index (χ3v) is 6.48. The van der Waals surface area contributed by atoms with Crippen molar-refractivity contribution < 1.29 is 9.18 Å². The van der Waals surface area contributed by atoms with Crippen LogP contribution >= 0.6 is 0 Å². The number of halogens is 1. The minimum atomic E-state index is -0.230. The summed E-state index contributed by atoms with van der Waals surface area (Å²) < 4.78 is 13.1. The number of piperazine rings is 2. The zero-order valence-corrected chi connectivity index (χ0v) is 18.4. The van der Waals surface area contributed by atoms with Gasteiger partial charge in [0.2, 0.25) is 5.91 Å². The Labute approximate surface area is 189 Å². The second-order valence-corrected chi connectivity index (χ2v) is 8.41. The number of hydrogen-bond donors (Lipinski definition) is 0. The number of carbonyl (C=O) groups is 1. The Morgan fingerprint density at radius 2 is 1.56 bits per heavy atom. The van der Waals surface area contributed by atoms with Gasteiger partial charge in [-0.15, -0.1) is 0 Å². The second-order valence-electron chi connectivity index (χ2n) is 8.41. The average molecular weight is 436 g/mol. The molecule has 0 N–H and O–H groups in total. The summed E-state index contributed by atoms with van der Waals surface area (Å²) in [6.07, 6.45) is 0.525. The summed E-state index contributed by atoms with van der Waals surface area (Å²) >= 11 is 0. The Morgan fingerprint density at radius 3 is 2.19 bits per heavy atom. The second kappa shape index (κ2) is 10.6. The van der Waals surface area contributed by atoms with Crippen LogP contribution in [0.3, 0.4) is 0 Å². The SMILES string of the molecule is N#C[C@@H](c1ccccc1)N1CCN(CCC(=O)N2CCN(c3ccc(F)cc3)CC2)CC1. The van der Waals surface area contributed by atoms with Crippen molar-refractivity contribution in [2.24, 2.45) is 0 Å². The lowest BCUT2D eigenvalue weighted by Crippen LogP contribution is -2.50. The molecule has 7 heteroatoms. The third kappa shape index (κ3) is 5.45. The van der Waals surface area contributed by atoms with Gasteiger partial charge < -0.3 is 14.7 Å². The molecular weight excluding hydrogens is 405 g/mol.